The molecule has 1 aliphatic carbocycles. The average Bonchev–Trinajstić information content (AvgIpc) is 2.17. The van der Waals surface area contributed by atoms with Crippen molar-refractivity contribution in [1.82, 2.24) is 0 Å². The van der Waals surface area contributed by atoms with Gasteiger partial charge in [-0.1, -0.05) is 20.8 Å². The molecule has 1 rings (SSSR count). The van der Waals surface area contributed by atoms with Gasteiger partial charge < -0.3 is 5.73 Å². The van der Waals surface area contributed by atoms with E-state index in [-0.39, 0.29) is 11.8 Å². The van der Waals surface area contributed by atoms with Gasteiger partial charge in [-0.25, -0.2) is 8.42 Å². The fourth-order valence-electron chi connectivity index (χ4n) is 2.48. The quantitative estimate of drug-likeness (QED) is 0.864. The summed E-state index contributed by atoms with van der Waals surface area (Å²) in [7, 11) is -2.85. The van der Waals surface area contributed by atoms with Crippen LogP contribution in [0, 0.1) is 11.3 Å². The largest absolute Gasteiger partial charge is 0.327 e. The summed E-state index contributed by atoms with van der Waals surface area (Å²) in [5.74, 6) is 1.64. The van der Waals surface area contributed by atoms with Crippen molar-refractivity contribution in [2.45, 2.75) is 51.3 Å². The van der Waals surface area contributed by atoms with Gasteiger partial charge in [0.05, 0.1) is 5.75 Å². The van der Waals surface area contributed by atoms with E-state index in [9.17, 15) is 8.42 Å². The second-order valence-electron chi connectivity index (χ2n) is 6.58. The molecule has 0 aromatic heterocycles. The third-order valence-corrected chi connectivity index (χ3v) is 6.47. The second kappa shape index (κ2) is 6.14. The van der Waals surface area contributed by atoms with Crippen molar-refractivity contribution in [3.05, 3.63) is 0 Å². The molecule has 0 aromatic rings. The molecule has 0 saturated heterocycles. The molecule has 5 heteroatoms. The van der Waals surface area contributed by atoms with E-state index in [1.54, 1.807) is 11.8 Å². The minimum atomic E-state index is -2.85. The minimum absolute atomic E-state index is 0.230. The minimum Gasteiger partial charge on any atom is -0.327 e. The molecule has 3 unspecified atom stereocenters. The summed E-state index contributed by atoms with van der Waals surface area (Å²) in [6.45, 7) is 6.85. The lowest BCUT2D eigenvalue weighted by molar-refractivity contribution is 0.174. The summed E-state index contributed by atoms with van der Waals surface area (Å²) < 4.78 is 22.3. The number of sulfone groups is 1. The van der Waals surface area contributed by atoms with Crippen LogP contribution >= 0.6 is 11.8 Å². The summed E-state index contributed by atoms with van der Waals surface area (Å²) in [5.41, 5.74) is 6.49. The van der Waals surface area contributed by atoms with Crippen LogP contribution in [0.15, 0.2) is 0 Å². The zero-order chi connectivity index (χ0) is 14.0. The van der Waals surface area contributed by atoms with Crippen LogP contribution in [0.5, 0.6) is 0 Å². The third-order valence-electron chi connectivity index (χ3n) is 3.85. The molecular weight excluding hydrogens is 266 g/mol. The predicted octanol–water partition coefficient (Wildman–Crippen LogP) is 2.31. The van der Waals surface area contributed by atoms with Crippen LogP contribution in [-0.4, -0.2) is 37.5 Å². The molecule has 1 aliphatic rings. The van der Waals surface area contributed by atoms with Crippen molar-refractivity contribution in [3.8, 4) is 0 Å². The van der Waals surface area contributed by atoms with E-state index in [0.717, 1.165) is 12.8 Å². The standard InChI is InChI=1S/C13H27NO2S2/c1-13(2,3)10-5-6-11(14)12(9-10)17-7-8-18(4,15)16/h10-12H,5-9,14H2,1-4H3. The maximum atomic E-state index is 11.1. The Kier molecular flexibility index (Phi) is 5.57. The van der Waals surface area contributed by atoms with Gasteiger partial charge in [-0.3, -0.25) is 0 Å². The molecule has 0 aromatic carbocycles. The van der Waals surface area contributed by atoms with Crippen LogP contribution in [0.25, 0.3) is 0 Å². The van der Waals surface area contributed by atoms with E-state index in [0.29, 0.717) is 22.3 Å². The number of thioether (sulfide) groups is 1. The maximum absolute atomic E-state index is 11.1. The van der Waals surface area contributed by atoms with Gasteiger partial charge in [-0.2, -0.15) is 11.8 Å². The first-order valence-electron chi connectivity index (χ1n) is 6.64. The zero-order valence-corrected chi connectivity index (χ0v) is 13.6. The first-order valence-corrected chi connectivity index (χ1v) is 9.75. The summed E-state index contributed by atoms with van der Waals surface area (Å²) >= 11 is 1.75. The van der Waals surface area contributed by atoms with E-state index >= 15 is 0 Å². The Balaban J connectivity index is 2.48. The first-order chi connectivity index (χ1) is 8.09. The molecular formula is C13H27NO2S2. The van der Waals surface area contributed by atoms with Crippen LogP contribution in [0.3, 0.4) is 0 Å². The molecule has 0 bridgehead atoms. The normalized spacial score (nSPS) is 30.4. The van der Waals surface area contributed by atoms with Gasteiger partial charge in [-0.05, 0) is 30.6 Å². The topological polar surface area (TPSA) is 60.2 Å². The highest BCUT2D eigenvalue weighted by molar-refractivity contribution is 8.01. The highest BCUT2D eigenvalue weighted by Gasteiger charge is 2.34. The fraction of sp³-hybridized carbons (Fsp3) is 1.00. The second-order valence-corrected chi connectivity index (χ2v) is 10.2. The van der Waals surface area contributed by atoms with Crippen LogP contribution in [0.2, 0.25) is 0 Å². The van der Waals surface area contributed by atoms with Gasteiger partial charge in [0.25, 0.3) is 0 Å². The van der Waals surface area contributed by atoms with E-state index in [4.69, 9.17) is 5.73 Å². The Hall–Kier alpha value is 0.260. The highest BCUT2D eigenvalue weighted by atomic mass is 32.2. The Bertz CT molecular complexity index is 360. The van der Waals surface area contributed by atoms with Crippen molar-refractivity contribution in [2.75, 3.05) is 17.8 Å². The van der Waals surface area contributed by atoms with Crippen molar-refractivity contribution in [2.24, 2.45) is 17.1 Å². The summed E-state index contributed by atoms with van der Waals surface area (Å²) in [4.78, 5) is 0. The van der Waals surface area contributed by atoms with E-state index < -0.39 is 9.84 Å². The van der Waals surface area contributed by atoms with Gasteiger partial charge in [0, 0.05) is 23.3 Å². The van der Waals surface area contributed by atoms with E-state index in [1.807, 2.05) is 0 Å². The summed E-state index contributed by atoms with van der Waals surface area (Å²) in [6, 6.07) is 0.230. The van der Waals surface area contributed by atoms with E-state index in [1.165, 1.54) is 12.7 Å². The maximum Gasteiger partial charge on any atom is 0.148 e. The van der Waals surface area contributed by atoms with Crippen LogP contribution in [0.1, 0.15) is 40.0 Å². The zero-order valence-electron chi connectivity index (χ0n) is 12.0. The number of hydrogen-bond donors (Lipinski definition) is 1. The lowest BCUT2D eigenvalue weighted by atomic mass is 9.71. The SMILES string of the molecule is CC(C)(C)C1CCC(N)C(SCCS(C)(=O)=O)C1. The molecule has 3 nitrogen and oxygen atoms in total. The van der Waals surface area contributed by atoms with E-state index in [2.05, 4.69) is 20.8 Å². The molecule has 0 radical (unpaired) electrons. The summed E-state index contributed by atoms with van der Waals surface area (Å²) in [6.07, 6.45) is 4.69. The molecule has 2 N–H and O–H groups in total. The average molecular weight is 293 g/mol. The molecule has 18 heavy (non-hydrogen) atoms. The van der Waals surface area contributed by atoms with Gasteiger partial charge in [-0.15, -0.1) is 0 Å². The van der Waals surface area contributed by atoms with Gasteiger partial charge in [0.2, 0.25) is 0 Å². The van der Waals surface area contributed by atoms with Crippen LogP contribution in [-0.2, 0) is 9.84 Å². The Labute approximate surface area is 116 Å². The van der Waals surface area contributed by atoms with Gasteiger partial charge in [0.15, 0.2) is 0 Å². The molecule has 0 spiro atoms. The number of nitrogens with two attached hydrogens (primary N) is 1. The molecule has 3 atom stereocenters. The molecule has 108 valence electrons. The smallest absolute Gasteiger partial charge is 0.148 e. The lowest BCUT2D eigenvalue weighted by Gasteiger charge is -2.40. The van der Waals surface area contributed by atoms with Crippen LogP contribution < -0.4 is 5.73 Å². The first kappa shape index (κ1) is 16.3. The van der Waals surface area contributed by atoms with Gasteiger partial charge >= 0.3 is 0 Å². The van der Waals surface area contributed by atoms with Crippen molar-refractivity contribution in [3.63, 3.8) is 0 Å². The van der Waals surface area contributed by atoms with Crippen molar-refractivity contribution >= 4 is 21.6 Å². The molecule has 1 fully saturated rings. The fourth-order valence-corrected chi connectivity index (χ4v) is 5.13. The number of rotatable bonds is 4. The monoisotopic (exact) mass is 293 g/mol. The Morgan fingerprint density at radius 3 is 2.39 bits per heavy atom. The Morgan fingerprint density at radius 1 is 1.28 bits per heavy atom. The molecule has 1 saturated carbocycles. The third kappa shape index (κ3) is 5.49. The molecule has 0 aliphatic heterocycles. The predicted molar refractivity (Wildman–Crippen MR) is 80.7 cm³/mol. The van der Waals surface area contributed by atoms with Crippen LogP contribution in [0.4, 0.5) is 0 Å². The van der Waals surface area contributed by atoms with Crippen molar-refractivity contribution < 1.29 is 8.42 Å². The van der Waals surface area contributed by atoms with Gasteiger partial charge in [0.1, 0.15) is 9.84 Å². The van der Waals surface area contributed by atoms with Crippen molar-refractivity contribution in [1.29, 1.82) is 0 Å². The summed E-state index contributed by atoms with van der Waals surface area (Å²) in [5, 5.41) is 0.421. The highest BCUT2D eigenvalue weighted by Crippen LogP contribution is 2.41. The number of hydrogen-bond acceptors (Lipinski definition) is 4. The molecule has 0 amide bonds. The lowest BCUT2D eigenvalue weighted by Crippen LogP contribution is -2.41. The Morgan fingerprint density at radius 2 is 1.89 bits per heavy atom. The molecule has 0 heterocycles.